The fourth-order valence-electron chi connectivity index (χ4n) is 4.01. The van der Waals surface area contributed by atoms with Gasteiger partial charge in [0.15, 0.2) is 5.13 Å². The highest BCUT2D eigenvalue weighted by Gasteiger charge is 2.27. The molecule has 0 saturated carbocycles. The number of fused-ring (bicyclic) bond motifs is 1. The lowest BCUT2D eigenvalue weighted by Gasteiger charge is -2.23. The van der Waals surface area contributed by atoms with Gasteiger partial charge in [-0.2, -0.15) is 0 Å². The SMILES string of the molecule is Cc1ccc(S(=O)(=O)Nc2ccc(C(=O)N(CC3CCCO3)c3nc4ccc(Cl)cc4s3)cc2)cc1. The first-order valence-corrected chi connectivity index (χ1v) is 14.2. The lowest BCUT2D eigenvalue weighted by Crippen LogP contribution is -2.37. The van der Waals surface area contributed by atoms with Gasteiger partial charge in [-0.1, -0.05) is 40.6 Å². The molecule has 1 fully saturated rings. The van der Waals surface area contributed by atoms with Crippen molar-refractivity contribution in [3.05, 3.63) is 82.9 Å². The van der Waals surface area contributed by atoms with Gasteiger partial charge in [0.2, 0.25) is 0 Å². The van der Waals surface area contributed by atoms with E-state index in [4.69, 9.17) is 16.3 Å². The summed E-state index contributed by atoms with van der Waals surface area (Å²) >= 11 is 7.54. The number of carbonyl (C=O) groups is 1. The van der Waals surface area contributed by atoms with E-state index in [1.807, 2.05) is 19.1 Å². The first-order valence-electron chi connectivity index (χ1n) is 11.5. The monoisotopic (exact) mass is 541 g/mol. The van der Waals surface area contributed by atoms with Crippen molar-refractivity contribution in [2.45, 2.75) is 30.8 Å². The Morgan fingerprint density at radius 3 is 2.58 bits per heavy atom. The number of nitrogens with zero attached hydrogens (tertiary/aromatic N) is 2. The topological polar surface area (TPSA) is 88.6 Å². The third kappa shape index (κ3) is 5.39. The van der Waals surface area contributed by atoms with Crippen LogP contribution in [0.1, 0.15) is 28.8 Å². The molecule has 186 valence electrons. The largest absolute Gasteiger partial charge is 0.376 e. The molecule has 1 saturated heterocycles. The molecule has 1 amide bonds. The summed E-state index contributed by atoms with van der Waals surface area (Å²) in [6.45, 7) is 2.96. The summed E-state index contributed by atoms with van der Waals surface area (Å²) in [5.41, 5.74) is 2.53. The standard InChI is InChI=1S/C26H24ClN3O4S2/c1-17-4-11-22(12-5-17)36(32,33)29-20-9-6-18(7-10-20)25(31)30(16-21-3-2-14-34-21)26-28-23-13-8-19(27)15-24(23)35-26/h4-13,15,21,29H,2-3,14,16H2,1H3. The molecule has 1 atom stereocenters. The van der Waals surface area contributed by atoms with Crippen LogP contribution in [-0.2, 0) is 14.8 Å². The number of aryl methyl sites for hydroxylation is 1. The zero-order valence-electron chi connectivity index (χ0n) is 19.5. The fraction of sp³-hybridized carbons (Fsp3) is 0.231. The van der Waals surface area contributed by atoms with Crippen LogP contribution in [0.4, 0.5) is 10.8 Å². The minimum absolute atomic E-state index is 0.0647. The molecule has 3 aromatic carbocycles. The second-order valence-electron chi connectivity index (χ2n) is 8.66. The molecule has 0 bridgehead atoms. The van der Waals surface area contributed by atoms with Crippen molar-refractivity contribution in [2.75, 3.05) is 22.8 Å². The van der Waals surface area contributed by atoms with Gasteiger partial charge in [0, 0.05) is 22.9 Å². The number of halogens is 1. The smallest absolute Gasteiger partial charge is 0.261 e. The van der Waals surface area contributed by atoms with E-state index in [0.29, 0.717) is 34.6 Å². The van der Waals surface area contributed by atoms with E-state index in [-0.39, 0.29) is 16.9 Å². The Labute approximate surface area is 218 Å². The van der Waals surface area contributed by atoms with E-state index in [1.165, 1.54) is 11.3 Å². The van der Waals surface area contributed by atoms with Crippen LogP contribution in [-0.4, -0.2) is 38.6 Å². The normalized spacial score (nSPS) is 15.8. The minimum atomic E-state index is -3.74. The molecule has 2 heterocycles. The van der Waals surface area contributed by atoms with Crippen LogP contribution in [0.5, 0.6) is 0 Å². The Morgan fingerprint density at radius 2 is 1.89 bits per heavy atom. The molecule has 10 heteroatoms. The molecule has 1 aliphatic rings. The predicted octanol–water partition coefficient (Wildman–Crippen LogP) is 5.88. The lowest BCUT2D eigenvalue weighted by molar-refractivity contribution is 0.0917. The number of ether oxygens (including phenoxy) is 1. The third-order valence-electron chi connectivity index (χ3n) is 5.94. The summed E-state index contributed by atoms with van der Waals surface area (Å²) in [5, 5.41) is 1.18. The number of thiazole rings is 1. The molecule has 1 aliphatic heterocycles. The number of sulfonamides is 1. The molecular formula is C26H24ClN3O4S2. The van der Waals surface area contributed by atoms with Crippen LogP contribution in [0.2, 0.25) is 5.02 Å². The summed E-state index contributed by atoms with van der Waals surface area (Å²) in [6.07, 6.45) is 1.77. The van der Waals surface area contributed by atoms with E-state index in [2.05, 4.69) is 9.71 Å². The fourth-order valence-corrected chi connectivity index (χ4v) is 6.32. The Morgan fingerprint density at radius 1 is 1.14 bits per heavy atom. The van der Waals surface area contributed by atoms with Crippen molar-refractivity contribution < 1.29 is 17.9 Å². The van der Waals surface area contributed by atoms with Gasteiger partial charge in [0.1, 0.15) is 0 Å². The molecule has 7 nitrogen and oxygen atoms in total. The first-order chi connectivity index (χ1) is 17.3. The molecule has 1 aromatic heterocycles. The summed E-state index contributed by atoms with van der Waals surface area (Å²) in [6, 6.07) is 18.4. The lowest BCUT2D eigenvalue weighted by atomic mass is 10.1. The molecule has 0 spiro atoms. The number of amides is 1. The Bertz CT molecular complexity index is 1500. The summed E-state index contributed by atoms with van der Waals surface area (Å²) < 4.78 is 34.7. The van der Waals surface area contributed by atoms with Gasteiger partial charge in [-0.15, -0.1) is 0 Å². The molecule has 36 heavy (non-hydrogen) atoms. The number of hydrogen-bond donors (Lipinski definition) is 1. The second-order valence-corrected chi connectivity index (χ2v) is 11.8. The maximum atomic E-state index is 13.6. The molecule has 1 unspecified atom stereocenters. The average molecular weight is 542 g/mol. The quantitative estimate of drug-likeness (QED) is 0.315. The Hall–Kier alpha value is -2.98. The third-order valence-corrected chi connectivity index (χ3v) is 8.61. The summed E-state index contributed by atoms with van der Waals surface area (Å²) in [4.78, 5) is 20.1. The van der Waals surface area contributed by atoms with Crippen molar-refractivity contribution in [2.24, 2.45) is 0 Å². The molecular weight excluding hydrogens is 518 g/mol. The van der Waals surface area contributed by atoms with Crippen molar-refractivity contribution in [1.29, 1.82) is 0 Å². The van der Waals surface area contributed by atoms with Gasteiger partial charge in [-0.3, -0.25) is 14.4 Å². The molecule has 4 aromatic rings. The highest BCUT2D eigenvalue weighted by molar-refractivity contribution is 7.92. The number of benzene rings is 3. The molecule has 0 aliphatic carbocycles. The van der Waals surface area contributed by atoms with Gasteiger partial charge in [-0.25, -0.2) is 13.4 Å². The highest BCUT2D eigenvalue weighted by Crippen LogP contribution is 2.32. The van der Waals surface area contributed by atoms with Crippen LogP contribution >= 0.6 is 22.9 Å². The minimum Gasteiger partial charge on any atom is -0.376 e. The van der Waals surface area contributed by atoms with Gasteiger partial charge < -0.3 is 4.74 Å². The number of aromatic nitrogens is 1. The van der Waals surface area contributed by atoms with Crippen LogP contribution in [0.15, 0.2) is 71.6 Å². The first kappa shape index (κ1) is 24.7. The van der Waals surface area contributed by atoms with E-state index < -0.39 is 10.0 Å². The number of nitrogens with one attached hydrogen (secondary N) is 1. The van der Waals surface area contributed by atoms with Crippen LogP contribution in [0.25, 0.3) is 10.2 Å². The van der Waals surface area contributed by atoms with Crippen molar-refractivity contribution in [1.82, 2.24) is 4.98 Å². The zero-order chi connectivity index (χ0) is 25.3. The van der Waals surface area contributed by atoms with E-state index in [0.717, 1.165) is 28.6 Å². The van der Waals surface area contributed by atoms with Gasteiger partial charge in [-0.05, 0) is 74.4 Å². The second kappa shape index (κ2) is 10.2. The predicted molar refractivity (Wildman–Crippen MR) is 144 cm³/mol. The van der Waals surface area contributed by atoms with Crippen molar-refractivity contribution >= 4 is 59.9 Å². The Kier molecular flexibility index (Phi) is 6.98. The van der Waals surface area contributed by atoms with Crippen LogP contribution < -0.4 is 9.62 Å². The van der Waals surface area contributed by atoms with Crippen LogP contribution in [0.3, 0.4) is 0 Å². The van der Waals surface area contributed by atoms with Crippen molar-refractivity contribution in [3.63, 3.8) is 0 Å². The van der Waals surface area contributed by atoms with E-state index in [9.17, 15) is 13.2 Å². The maximum absolute atomic E-state index is 13.6. The van der Waals surface area contributed by atoms with Gasteiger partial charge >= 0.3 is 0 Å². The number of hydrogen-bond acceptors (Lipinski definition) is 6. The summed E-state index contributed by atoms with van der Waals surface area (Å²) in [7, 11) is -3.74. The Balaban J connectivity index is 1.39. The van der Waals surface area contributed by atoms with Crippen LogP contribution in [0, 0.1) is 6.92 Å². The van der Waals surface area contributed by atoms with Gasteiger partial charge in [0.25, 0.3) is 15.9 Å². The average Bonchev–Trinajstić information content (AvgIpc) is 3.52. The molecule has 0 radical (unpaired) electrons. The zero-order valence-corrected chi connectivity index (χ0v) is 21.9. The number of rotatable bonds is 7. The highest BCUT2D eigenvalue weighted by atomic mass is 35.5. The maximum Gasteiger partial charge on any atom is 0.261 e. The molecule has 1 N–H and O–H groups in total. The van der Waals surface area contributed by atoms with Gasteiger partial charge in [0.05, 0.1) is 27.8 Å². The molecule has 5 rings (SSSR count). The number of carbonyl (C=O) groups excluding carboxylic acids is 1. The summed E-state index contributed by atoms with van der Waals surface area (Å²) in [5.74, 6) is -0.233. The van der Waals surface area contributed by atoms with Crippen molar-refractivity contribution in [3.8, 4) is 0 Å². The van der Waals surface area contributed by atoms with E-state index in [1.54, 1.807) is 59.5 Å². The van der Waals surface area contributed by atoms with E-state index >= 15 is 0 Å². The number of anilines is 2.